The first-order chi connectivity index (χ1) is 12.9. The minimum atomic E-state index is -0.672. The van der Waals surface area contributed by atoms with Crippen LogP contribution in [0.25, 0.3) is 0 Å². The van der Waals surface area contributed by atoms with Crippen molar-refractivity contribution in [2.24, 2.45) is 9.98 Å². The Morgan fingerprint density at radius 2 is 2.22 bits per heavy atom. The number of ether oxygens (including phenoxy) is 1. The molecule has 0 aromatic heterocycles. The van der Waals surface area contributed by atoms with E-state index < -0.39 is 6.67 Å². The van der Waals surface area contributed by atoms with E-state index in [9.17, 15) is 14.0 Å². The molecular weight excluding hydrogens is 373 g/mol. The van der Waals surface area contributed by atoms with Crippen LogP contribution in [-0.2, 0) is 14.3 Å². The molecule has 1 amide bonds. The van der Waals surface area contributed by atoms with E-state index in [2.05, 4.69) is 23.3 Å². The summed E-state index contributed by atoms with van der Waals surface area (Å²) < 4.78 is 17.4. The summed E-state index contributed by atoms with van der Waals surface area (Å²) in [6.45, 7) is 9.47. The van der Waals surface area contributed by atoms with Crippen molar-refractivity contribution in [3.05, 3.63) is 47.0 Å². The van der Waals surface area contributed by atoms with Gasteiger partial charge in [0.1, 0.15) is 18.3 Å². The summed E-state index contributed by atoms with van der Waals surface area (Å²) in [5.41, 5.74) is 0.755. The third kappa shape index (κ3) is 6.29. The molecule has 0 spiro atoms. The average molecular weight is 396 g/mol. The van der Waals surface area contributed by atoms with Crippen LogP contribution >= 0.6 is 11.6 Å². The molecule has 1 atom stereocenters. The Kier molecular flexibility index (Phi) is 9.36. The molecule has 0 bridgehead atoms. The van der Waals surface area contributed by atoms with E-state index in [0.29, 0.717) is 17.6 Å². The first-order valence-electron chi connectivity index (χ1n) is 8.28. The van der Waals surface area contributed by atoms with Gasteiger partial charge in [-0.05, 0) is 32.7 Å². The quantitative estimate of drug-likeness (QED) is 0.306. The van der Waals surface area contributed by atoms with Crippen molar-refractivity contribution in [1.82, 2.24) is 4.90 Å². The monoisotopic (exact) mass is 395 g/mol. The second-order valence-corrected chi connectivity index (χ2v) is 6.08. The Bertz CT molecular complexity index is 726. The van der Waals surface area contributed by atoms with Crippen molar-refractivity contribution in [2.45, 2.75) is 26.3 Å². The molecule has 27 heavy (non-hydrogen) atoms. The lowest BCUT2D eigenvalue weighted by Gasteiger charge is -2.23. The molecule has 6 nitrogen and oxygen atoms in total. The summed E-state index contributed by atoms with van der Waals surface area (Å²) in [6, 6.07) is -0.233. The van der Waals surface area contributed by atoms with Gasteiger partial charge in [-0.1, -0.05) is 18.2 Å². The Hall–Kier alpha value is -2.54. The second kappa shape index (κ2) is 11.2. The topological polar surface area (TPSA) is 71.3 Å². The van der Waals surface area contributed by atoms with Gasteiger partial charge in [0, 0.05) is 36.0 Å². The molecule has 146 valence electrons. The Morgan fingerprint density at radius 3 is 2.78 bits per heavy atom. The van der Waals surface area contributed by atoms with E-state index in [-0.39, 0.29) is 41.8 Å². The van der Waals surface area contributed by atoms with Crippen molar-refractivity contribution >= 4 is 36.2 Å². The highest BCUT2D eigenvalue weighted by Gasteiger charge is 2.33. The number of carbonyl (C=O) groups is 2. The van der Waals surface area contributed by atoms with E-state index in [1.807, 2.05) is 6.92 Å². The van der Waals surface area contributed by atoms with Gasteiger partial charge >= 0.3 is 0 Å². The highest BCUT2D eigenvalue weighted by Crippen LogP contribution is 2.24. The van der Waals surface area contributed by atoms with Gasteiger partial charge in [-0.25, -0.2) is 9.38 Å². The number of aliphatic imine (C=N–C) groups is 2. The third-order valence-electron chi connectivity index (χ3n) is 3.80. The minimum Gasteiger partial charge on any atom is -0.474 e. The van der Waals surface area contributed by atoms with E-state index in [1.54, 1.807) is 4.90 Å². The molecule has 0 N–H and O–H groups in total. The van der Waals surface area contributed by atoms with E-state index in [0.717, 1.165) is 0 Å². The summed E-state index contributed by atoms with van der Waals surface area (Å²) in [4.78, 5) is 33.7. The lowest BCUT2D eigenvalue weighted by molar-refractivity contribution is -0.126. The van der Waals surface area contributed by atoms with Gasteiger partial charge < -0.3 is 9.64 Å². The van der Waals surface area contributed by atoms with E-state index >= 15 is 0 Å². The van der Waals surface area contributed by atoms with Crippen LogP contribution in [0.2, 0.25) is 0 Å². The van der Waals surface area contributed by atoms with Gasteiger partial charge in [-0.15, -0.1) is 0 Å². The average Bonchev–Trinajstić information content (AvgIpc) is 2.98. The molecule has 8 heteroatoms. The van der Waals surface area contributed by atoms with Crippen LogP contribution in [0.5, 0.6) is 0 Å². The molecule has 0 fully saturated rings. The molecule has 0 saturated heterocycles. The van der Waals surface area contributed by atoms with Crippen molar-refractivity contribution in [1.29, 1.82) is 0 Å². The van der Waals surface area contributed by atoms with Gasteiger partial charge in [-0.3, -0.25) is 14.6 Å². The van der Waals surface area contributed by atoms with Gasteiger partial charge in [0.05, 0.1) is 6.54 Å². The zero-order valence-electron chi connectivity index (χ0n) is 15.5. The first kappa shape index (κ1) is 22.5. The zero-order valence-corrected chi connectivity index (χ0v) is 16.2. The minimum absolute atomic E-state index is 0.0625. The molecule has 1 aliphatic rings. The number of amides is 1. The van der Waals surface area contributed by atoms with Gasteiger partial charge in [0.25, 0.3) is 5.91 Å². The standard InChI is InChI=1S/C19H23ClFN3O3/c1-5-17(20)18(27-11-8-21)23-10-6-13(2)24-12-16(14(3)25)15(19(24)26)7-9-22-4/h5,7,9-10,13H,1,4,6,8,11-12H2,2-3H3/b9-7-,18-17-,23-10-. The fourth-order valence-corrected chi connectivity index (χ4v) is 2.48. The highest BCUT2D eigenvalue weighted by atomic mass is 35.5. The highest BCUT2D eigenvalue weighted by molar-refractivity contribution is 6.31. The Balaban J connectivity index is 2.86. The van der Waals surface area contributed by atoms with E-state index in [4.69, 9.17) is 16.3 Å². The van der Waals surface area contributed by atoms with Crippen LogP contribution in [-0.4, -0.2) is 55.4 Å². The first-order valence-corrected chi connectivity index (χ1v) is 8.66. The van der Waals surface area contributed by atoms with Crippen LogP contribution in [0, 0.1) is 0 Å². The van der Waals surface area contributed by atoms with Crippen LogP contribution in [0.3, 0.4) is 0 Å². The van der Waals surface area contributed by atoms with Crippen molar-refractivity contribution < 1.29 is 18.7 Å². The number of hydrogen-bond acceptors (Lipinski definition) is 5. The summed E-state index contributed by atoms with van der Waals surface area (Å²) in [6.07, 6.45) is 6.13. The third-order valence-corrected chi connectivity index (χ3v) is 4.12. The number of ketones is 1. The fraction of sp³-hybridized carbons (Fsp3) is 0.368. The number of allylic oxidation sites excluding steroid dienone is 2. The van der Waals surface area contributed by atoms with Gasteiger partial charge in [0.15, 0.2) is 5.78 Å². The molecule has 0 aromatic carbocycles. The van der Waals surface area contributed by atoms with Crippen LogP contribution < -0.4 is 0 Å². The van der Waals surface area contributed by atoms with Crippen LogP contribution in [0.15, 0.2) is 57.0 Å². The second-order valence-electron chi connectivity index (χ2n) is 5.67. The summed E-state index contributed by atoms with van der Waals surface area (Å²) in [7, 11) is 0. The van der Waals surface area contributed by atoms with Gasteiger partial charge in [-0.2, -0.15) is 0 Å². The maximum atomic E-state index is 12.6. The maximum Gasteiger partial charge on any atom is 0.254 e. The summed E-state index contributed by atoms with van der Waals surface area (Å²) in [5.74, 6) is -0.361. The van der Waals surface area contributed by atoms with Gasteiger partial charge in [0.2, 0.25) is 5.88 Å². The molecular formula is C19H23ClFN3O3. The lowest BCUT2D eigenvalue weighted by Crippen LogP contribution is -2.36. The SMILES string of the molecule is C=C/C(Cl)=C(\N=C/CC(C)N1CC(C(C)=O)=C(/C=C\N=C)C1=O)OCCF. The van der Waals surface area contributed by atoms with Crippen molar-refractivity contribution in [2.75, 3.05) is 19.8 Å². The zero-order chi connectivity index (χ0) is 20.4. The largest absolute Gasteiger partial charge is 0.474 e. The molecule has 1 heterocycles. The fourth-order valence-electron chi connectivity index (χ4n) is 2.37. The molecule has 0 saturated carbocycles. The number of carbonyl (C=O) groups excluding carboxylic acids is 2. The smallest absolute Gasteiger partial charge is 0.254 e. The number of Topliss-reactive ketones (excluding diaryl/α,β-unsaturated/α-hetero) is 1. The number of halogens is 2. The van der Waals surface area contributed by atoms with Crippen LogP contribution in [0.4, 0.5) is 4.39 Å². The normalized spacial score (nSPS) is 16.9. The summed E-state index contributed by atoms with van der Waals surface area (Å²) in [5, 5.41) is 0.162. The molecule has 1 unspecified atom stereocenters. The predicted octanol–water partition coefficient (Wildman–Crippen LogP) is 3.36. The molecule has 0 aliphatic carbocycles. The maximum absolute atomic E-state index is 12.6. The van der Waals surface area contributed by atoms with Crippen LogP contribution in [0.1, 0.15) is 20.3 Å². The van der Waals surface area contributed by atoms with Crippen molar-refractivity contribution in [3.8, 4) is 0 Å². The van der Waals surface area contributed by atoms with E-state index in [1.165, 1.54) is 31.5 Å². The molecule has 0 radical (unpaired) electrons. The molecule has 0 aromatic rings. The molecule has 1 aliphatic heterocycles. The summed E-state index contributed by atoms with van der Waals surface area (Å²) >= 11 is 5.92. The Labute approximate surface area is 163 Å². The predicted molar refractivity (Wildman–Crippen MR) is 106 cm³/mol. The lowest BCUT2D eigenvalue weighted by atomic mass is 10.1. The number of rotatable bonds is 11. The number of nitrogens with zero attached hydrogens (tertiary/aromatic N) is 3. The van der Waals surface area contributed by atoms with Crippen molar-refractivity contribution in [3.63, 3.8) is 0 Å². The number of hydrogen-bond donors (Lipinski definition) is 0. The molecule has 1 rings (SSSR count). The Morgan fingerprint density at radius 1 is 1.52 bits per heavy atom. The number of alkyl halides is 1.